The van der Waals surface area contributed by atoms with Crippen molar-refractivity contribution in [1.29, 1.82) is 0 Å². The molecule has 0 radical (unpaired) electrons. The van der Waals surface area contributed by atoms with Crippen molar-refractivity contribution in [3.8, 4) is 0 Å². The number of esters is 1. The van der Waals surface area contributed by atoms with Crippen molar-refractivity contribution in [2.45, 2.75) is 12.8 Å². The normalized spacial score (nSPS) is 11.9. The van der Waals surface area contributed by atoms with Gasteiger partial charge in [-0.1, -0.05) is 25.1 Å². The predicted molar refractivity (Wildman–Crippen MR) is 56.4 cm³/mol. The third-order valence-electron chi connectivity index (χ3n) is 2.21. The molecule has 0 saturated carbocycles. The van der Waals surface area contributed by atoms with E-state index in [-0.39, 0.29) is 5.97 Å². The maximum absolute atomic E-state index is 11.1. The molecule has 1 rings (SSSR count). The molecule has 2 nitrogen and oxygen atoms in total. The van der Waals surface area contributed by atoms with Crippen LogP contribution in [0.5, 0.6) is 0 Å². The van der Waals surface area contributed by atoms with E-state index in [1.807, 2.05) is 18.2 Å². The zero-order chi connectivity index (χ0) is 10.6. The molecule has 0 aromatic heterocycles. The number of rotatable bonds is 3. The van der Waals surface area contributed by atoms with Gasteiger partial charge in [-0.3, -0.25) is 0 Å². The Morgan fingerprint density at radius 2 is 2.00 bits per heavy atom. The van der Waals surface area contributed by atoms with Crippen LogP contribution in [0.4, 0.5) is 0 Å². The molecule has 0 aliphatic rings. The average Bonchev–Trinajstić information content (AvgIpc) is 2.27. The first kappa shape index (κ1) is 10.5. The minimum Gasteiger partial charge on any atom is -0.465 e. The number of methoxy groups -OCH3 is 1. The van der Waals surface area contributed by atoms with Gasteiger partial charge in [0.2, 0.25) is 0 Å². The number of carbonyl (C=O) groups is 1. The first-order valence-electron chi connectivity index (χ1n) is 4.50. The monoisotopic (exact) mass is 190 g/mol. The maximum Gasteiger partial charge on any atom is 0.337 e. The molecule has 0 N–H and O–H groups in total. The van der Waals surface area contributed by atoms with Crippen LogP contribution < -0.4 is 0 Å². The van der Waals surface area contributed by atoms with Crippen molar-refractivity contribution in [2.75, 3.05) is 7.11 Å². The lowest BCUT2D eigenvalue weighted by molar-refractivity contribution is 0.0600. The van der Waals surface area contributed by atoms with Gasteiger partial charge in [0.25, 0.3) is 0 Å². The standard InChI is InChI=1S/C12H14O2/c1-4-9(2)10-5-7-11(8-6-10)12(13)14-3/h4-9H,1H2,2-3H3/t9-/m0/s1. The number of ether oxygens (including phenoxy) is 1. The van der Waals surface area contributed by atoms with E-state index in [2.05, 4.69) is 18.2 Å². The van der Waals surface area contributed by atoms with Gasteiger partial charge in [-0.25, -0.2) is 4.79 Å². The van der Waals surface area contributed by atoms with Crippen LogP contribution in [0.15, 0.2) is 36.9 Å². The second kappa shape index (κ2) is 4.61. The Labute approximate surface area is 84.2 Å². The van der Waals surface area contributed by atoms with Crippen molar-refractivity contribution < 1.29 is 9.53 Å². The molecular weight excluding hydrogens is 176 g/mol. The van der Waals surface area contributed by atoms with Gasteiger partial charge < -0.3 is 4.74 Å². The molecular formula is C12H14O2. The Hall–Kier alpha value is -1.57. The van der Waals surface area contributed by atoms with Crippen molar-refractivity contribution in [3.63, 3.8) is 0 Å². The van der Waals surface area contributed by atoms with Gasteiger partial charge in [-0.2, -0.15) is 0 Å². The second-order valence-electron chi connectivity index (χ2n) is 3.14. The summed E-state index contributed by atoms with van der Waals surface area (Å²) in [7, 11) is 1.38. The maximum atomic E-state index is 11.1. The highest BCUT2D eigenvalue weighted by atomic mass is 16.5. The molecule has 74 valence electrons. The van der Waals surface area contributed by atoms with Gasteiger partial charge in [0.1, 0.15) is 0 Å². The van der Waals surface area contributed by atoms with E-state index in [1.165, 1.54) is 7.11 Å². The summed E-state index contributed by atoms with van der Waals surface area (Å²) in [6, 6.07) is 7.36. The fourth-order valence-electron chi connectivity index (χ4n) is 1.18. The second-order valence-corrected chi connectivity index (χ2v) is 3.14. The van der Waals surface area contributed by atoms with E-state index in [0.717, 1.165) is 5.56 Å². The Kier molecular flexibility index (Phi) is 3.46. The summed E-state index contributed by atoms with van der Waals surface area (Å²) in [5.41, 5.74) is 1.72. The highest BCUT2D eigenvalue weighted by Gasteiger charge is 2.05. The topological polar surface area (TPSA) is 26.3 Å². The van der Waals surface area contributed by atoms with Crippen molar-refractivity contribution >= 4 is 5.97 Å². The molecule has 0 amide bonds. The van der Waals surface area contributed by atoms with Gasteiger partial charge in [-0.15, -0.1) is 6.58 Å². The van der Waals surface area contributed by atoms with Crippen LogP contribution in [-0.2, 0) is 4.74 Å². The molecule has 1 aromatic rings. The molecule has 1 atom stereocenters. The van der Waals surface area contributed by atoms with Crippen LogP contribution in [0.25, 0.3) is 0 Å². The van der Waals surface area contributed by atoms with E-state index >= 15 is 0 Å². The molecule has 2 heteroatoms. The molecule has 1 aromatic carbocycles. The lowest BCUT2D eigenvalue weighted by Gasteiger charge is -2.06. The summed E-state index contributed by atoms with van der Waals surface area (Å²) in [4.78, 5) is 11.1. The van der Waals surface area contributed by atoms with E-state index in [0.29, 0.717) is 11.5 Å². The zero-order valence-corrected chi connectivity index (χ0v) is 8.49. The van der Waals surface area contributed by atoms with Crippen LogP contribution in [0.2, 0.25) is 0 Å². The molecule has 0 saturated heterocycles. The summed E-state index contributed by atoms with van der Waals surface area (Å²) in [5.74, 6) is 0.00417. The molecule has 0 bridgehead atoms. The fourth-order valence-corrected chi connectivity index (χ4v) is 1.18. The highest BCUT2D eigenvalue weighted by molar-refractivity contribution is 5.89. The van der Waals surface area contributed by atoms with Crippen molar-refractivity contribution in [2.24, 2.45) is 0 Å². The summed E-state index contributed by atoms with van der Waals surface area (Å²) < 4.78 is 4.60. The first-order chi connectivity index (χ1) is 6.69. The van der Waals surface area contributed by atoms with Crippen LogP contribution in [0.3, 0.4) is 0 Å². The van der Waals surface area contributed by atoms with E-state index < -0.39 is 0 Å². The predicted octanol–water partition coefficient (Wildman–Crippen LogP) is 2.76. The van der Waals surface area contributed by atoms with E-state index in [4.69, 9.17) is 0 Å². The minimum atomic E-state index is -0.303. The van der Waals surface area contributed by atoms with Crippen LogP contribution in [0, 0.1) is 0 Å². The molecule has 0 fully saturated rings. The minimum absolute atomic E-state index is 0.303. The first-order valence-corrected chi connectivity index (χ1v) is 4.50. The molecule has 0 unspecified atom stereocenters. The quantitative estimate of drug-likeness (QED) is 0.541. The smallest absolute Gasteiger partial charge is 0.337 e. The lowest BCUT2D eigenvalue weighted by atomic mass is 10.0. The van der Waals surface area contributed by atoms with Gasteiger partial charge >= 0.3 is 5.97 Å². The molecule has 14 heavy (non-hydrogen) atoms. The Morgan fingerprint density at radius 3 is 2.43 bits per heavy atom. The molecule has 0 spiro atoms. The molecule has 0 aliphatic carbocycles. The number of carbonyl (C=O) groups excluding carboxylic acids is 1. The van der Waals surface area contributed by atoms with Gasteiger partial charge in [0, 0.05) is 0 Å². The number of hydrogen-bond acceptors (Lipinski definition) is 2. The average molecular weight is 190 g/mol. The van der Waals surface area contributed by atoms with E-state index in [1.54, 1.807) is 12.1 Å². The number of allylic oxidation sites excluding steroid dienone is 1. The Morgan fingerprint density at radius 1 is 1.43 bits per heavy atom. The Bertz CT molecular complexity index is 325. The zero-order valence-electron chi connectivity index (χ0n) is 8.49. The van der Waals surface area contributed by atoms with Crippen LogP contribution in [-0.4, -0.2) is 13.1 Å². The van der Waals surface area contributed by atoms with Crippen molar-refractivity contribution in [3.05, 3.63) is 48.0 Å². The highest BCUT2D eigenvalue weighted by Crippen LogP contribution is 2.16. The third kappa shape index (κ3) is 2.22. The Balaban J connectivity index is 2.88. The van der Waals surface area contributed by atoms with Gasteiger partial charge in [0.15, 0.2) is 0 Å². The third-order valence-corrected chi connectivity index (χ3v) is 2.21. The number of benzene rings is 1. The summed E-state index contributed by atoms with van der Waals surface area (Å²) in [6.45, 7) is 5.77. The summed E-state index contributed by atoms with van der Waals surface area (Å²) in [6.07, 6.45) is 1.87. The van der Waals surface area contributed by atoms with Crippen LogP contribution in [0.1, 0.15) is 28.8 Å². The van der Waals surface area contributed by atoms with Crippen molar-refractivity contribution in [1.82, 2.24) is 0 Å². The SMILES string of the molecule is C=C[C@H](C)c1ccc(C(=O)OC)cc1. The van der Waals surface area contributed by atoms with Crippen LogP contribution >= 0.6 is 0 Å². The fraction of sp³-hybridized carbons (Fsp3) is 0.250. The number of hydrogen-bond donors (Lipinski definition) is 0. The molecule has 0 heterocycles. The largest absolute Gasteiger partial charge is 0.465 e. The lowest BCUT2D eigenvalue weighted by Crippen LogP contribution is -2.01. The summed E-state index contributed by atoms with van der Waals surface area (Å²) >= 11 is 0. The van der Waals surface area contributed by atoms with Gasteiger partial charge in [-0.05, 0) is 23.6 Å². The van der Waals surface area contributed by atoms with Gasteiger partial charge in [0.05, 0.1) is 12.7 Å². The molecule has 0 aliphatic heterocycles. The summed E-state index contributed by atoms with van der Waals surface area (Å²) in [5, 5.41) is 0. The van der Waals surface area contributed by atoms with E-state index in [9.17, 15) is 4.79 Å².